The van der Waals surface area contributed by atoms with E-state index >= 15 is 0 Å². The topological polar surface area (TPSA) is 93.0 Å². The largest absolute Gasteiger partial charge is 0.497 e. The molecule has 0 radical (unpaired) electrons. The fraction of sp³-hybridized carbons (Fsp3) is 0.172. The number of ether oxygens (including phenoxy) is 1. The van der Waals surface area contributed by atoms with E-state index in [4.69, 9.17) is 27.9 Å². The van der Waals surface area contributed by atoms with Crippen molar-refractivity contribution in [2.24, 2.45) is 5.10 Å². The number of hydrazone groups is 1. The van der Waals surface area contributed by atoms with Crippen LogP contribution < -0.4 is 10.2 Å². The highest BCUT2D eigenvalue weighted by Gasteiger charge is 2.27. The van der Waals surface area contributed by atoms with Gasteiger partial charge in [0.15, 0.2) is 0 Å². The van der Waals surface area contributed by atoms with Crippen LogP contribution in [0.1, 0.15) is 22.5 Å². The number of rotatable bonds is 10. The molecule has 0 fully saturated rings. The standard InChI is InChI=1S/C29H28Cl2N4O4S/c1-20-15-23(21(2)35(20)24-9-14-27(30)28(31)16-24)17-32-33-29(36)19-34(18-22-7-5-4-6-8-22)40(37,38)26-12-10-25(39-3)11-13-26/h4-17H,18-19H2,1-3H3,(H,33,36)/b32-17+. The number of carbonyl (C=O) groups is 1. The van der Waals surface area contributed by atoms with E-state index in [-0.39, 0.29) is 11.4 Å². The summed E-state index contributed by atoms with van der Waals surface area (Å²) < 4.78 is 35.2. The van der Waals surface area contributed by atoms with Crippen molar-refractivity contribution < 1.29 is 17.9 Å². The van der Waals surface area contributed by atoms with Gasteiger partial charge in [-0.25, -0.2) is 13.8 Å². The van der Waals surface area contributed by atoms with Gasteiger partial charge < -0.3 is 9.30 Å². The SMILES string of the molecule is COc1ccc(S(=O)(=O)N(CC(=O)N/N=C/c2cc(C)n(-c3ccc(Cl)c(Cl)c3)c2C)Cc2ccccc2)cc1. The van der Waals surface area contributed by atoms with E-state index in [0.717, 1.165) is 32.5 Å². The minimum Gasteiger partial charge on any atom is -0.497 e. The van der Waals surface area contributed by atoms with Crippen LogP contribution in [0.5, 0.6) is 5.75 Å². The van der Waals surface area contributed by atoms with Gasteiger partial charge in [-0.1, -0.05) is 53.5 Å². The molecule has 0 unspecified atom stereocenters. The first-order valence-electron chi connectivity index (χ1n) is 12.2. The maximum Gasteiger partial charge on any atom is 0.255 e. The summed E-state index contributed by atoms with van der Waals surface area (Å²) in [4.78, 5) is 12.9. The second-order valence-corrected chi connectivity index (χ2v) is 11.7. The van der Waals surface area contributed by atoms with Gasteiger partial charge in [0, 0.05) is 29.2 Å². The van der Waals surface area contributed by atoms with E-state index in [9.17, 15) is 13.2 Å². The van der Waals surface area contributed by atoms with E-state index in [0.29, 0.717) is 15.8 Å². The molecule has 0 saturated carbocycles. The van der Waals surface area contributed by atoms with Crippen molar-refractivity contribution in [1.82, 2.24) is 14.3 Å². The monoisotopic (exact) mass is 598 g/mol. The molecule has 40 heavy (non-hydrogen) atoms. The third kappa shape index (κ3) is 6.74. The Bertz CT molecular complexity index is 1640. The number of nitrogens with zero attached hydrogens (tertiary/aromatic N) is 3. The van der Waals surface area contributed by atoms with Crippen LogP contribution in [0.2, 0.25) is 10.0 Å². The average Bonchev–Trinajstić information content (AvgIpc) is 3.22. The number of benzene rings is 3. The lowest BCUT2D eigenvalue weighted by Gasteiger charge is -2.21. The van der Waals surface area contributed by atoms with Crippen LogP contribution in [-0.2, 0) is 21.4 Å². The number of nitrogens with one attached hydrogen (secondary N) is 1. The highest BCUT2D eigenvalue weighted by atomic mass is 35.5. The number of hydrogen-bond acceptors (Lipinski definition) is 5. The molecule has 0 spiro atoms. The normalized spacial score (nSPS) is 11.8. The molecular formula is C29H28Cl2N4O4S. The van der Waals surface area contributed by atoms with Crippen LogP contribution in [0.3, 0.4) is 0 Å². The molecule has 0 aliphatic carbocycles. The third-order valence-electron chi connectivity index (χ3n) is 6.24. The van der Waals surface area contributed by atoms with E-state index in [2.05, 4.69) is 10.5 Å². The fourth-order valence-electron chi connectivity index (χ4n) is 4.22. The first-order valence-corrected chi connectivity index (χ1v) is 14.4. The first-order chi connectivity index (χ1) is 19.1. The van der Waals surface area contributed by atoms with Crippen LogP contribution >= 0.6 is 23.2 Å². The van der Waals surface area contributed by atoms with Crippen molar-refractivity contribution in [2.45, 2.75) is 25.3 Å². The molecule has 4 aromatic rings. The molecule has 11 heteroatoms. The summed E-state index contributed by atoms with van der Waals surface area (Å²) in [5.74, 6) is -0.0540. The summed E-state index contributed by atoms with van der Waals surface area (Å²) in [6.45, 7) is 3.44. The number of sulfonamides is 1. The Morgan fingerprint density at radius 1 is 1.00 bits per heavy atom. The average molecular weight is 600 g/mol. The second kappa shape index (κ2) is 12.7. The van der Waals surface area contributed by atoms with Crippen molar-refractivity contribution in [1.29, 1.82) is 0 Å². The molecule has 0 atom stereocenters. The Hall–Kier alpha value is -3.63. The van der Waals surface area contributed by atoms with Gasteiger partial charge in [0.25, 0.3) is 5.91 Å². The molecule has 0 saturated heterocycles. The van der Waals surface area contributed by atoms with Crippen molar-refractivity contribution in [2.75, 3.05) is 13.7 Å². The lowest BCUT2D eigenvalue weighted by Crippen LogP contribution is -2.39. The summed E-state index contributed by atoms with van der Waals surface area (Å²) in [6.07, 6.45) is 1.52. The van der Waals surface area contributed by atoms with E-state index in [1.54, 1.807) is 36.4 Å². The van der Waals surface area contributed by atoms with Crippen molar-refractivity contribution in [3.63, 3.8) is 0 Å². The summed E-state index contributed by atoms with van der Waals surface area (Å²) in [6, 6.07) is 22.4. The lowest BCUT2D eigenvalue weighted by atomic mass is 10.2. The summed E-state index contributed by atoms with van der Waals surface area (Å²) in [5, 5.41) is 5.01. The maximum absolute atomic E-state index is 13.5. The Morgan fingerprint density at radius 3 is 2.35 bits per heavy atom. The predicted octanol–water partition coefficient (Wildman–Crippen LogP) is 5.75. The molecule has 1 aromatic heterocycles. The minimum atomic E-state index is -4.00. The highest BCUT2D eigenvalue weighted by molar-refractivity contribution is 7.89. The Labute approximate surface area is 243 Å². The fourth-order valence-corrected chi connectivity index (χ4v) is 5.90. The number of halogens is 2. The molecule has 8 nitrogen and oxygen atoms in total. The number of methoxy groups -OCH3 is 1. The van der Waals surface area contributed by atoms with Crippen LogP contribution in [0.25, 0.3) is 5.69 Å². The number of carbonyl (C=O) groups excluding carboxylic acids is 1. The van der Waals surface area contributed by atoms with E-state index in [1.165, 1.54) is 25.5 Å². The third-order valence-corrected chi connectivity index (χ3v) is 8.79. The molecule has 0 aliphatic rings. The molecule has 4 rings (SSSR count). The number of aryl methyl sites for hydroxylation is 1. The van der Waals surface area contributed by atoms with Gasteiger partial charge in [-0.05, 0) is 67.9 Å². The molecule has 0 aliphatic heterocycles. The molecule has 3 aromatic carbocycles. The van der Waals surface area contributed by atoms with Gasteiger partial charge in [0.1, 0.15) is 5.75 Å². The molecular weight excluding hydrogens is 571 g/mol. The van der Waals surface area contributed by atoms with Crippen LogP contribution in [0, 0.1) is 13.8 Å². The summed E-state index contributed by atoms with van der Waals surface area (Å²) in [7, 11) is -2.50. The number of aromatic nitrogens is 1. The Morgan fingerprint density at radius 2 is 1.70 bits per heavy atom. The zero-order chi connectivity index (χ0) is 28.9. The Kier molecular flexibility index (Phi) is 9.32. The van der Waals surface area contributed by atoms with Crippen LogP contribution in [0.4, 0.5) is 0 Å². The quantitative estimate of drug-likeness (QED) is 0.186. The lowest BCUT2D eigenvalue weighted by molar-refractivity contribution is -0.121. The summed E-state index contributed by atoms with van der Waals surface area (Å²) >= 11 is 12.3. The van der Waals surface area contributed by atoms with Gasteiger partial charge in [0.2, 0.25) is 10.0 Å². The minimum absolute atomic E-state index is 0.0111. The zero-order valence-corrected chi connectivity index (χ0v) is 24.5. The predicted molar refractivity (Wildman–Crippen MR) is 158 cm³/mol. The summed E-state index contributed by atoms with van der Waals surface area (Å²) in [5.41, 5.74) is 6.62. The van der Waals surface area contributed by atoms with Crippen LogP contribution in [-0.4, -0.2) is 43.1 Å². The van der Waals surface area contributed by atoms with Crippen LogP contribution in [0.15, 0.2) is 88.9 Å². The number of amides is 1. The van der Waals surface area contributed by atoms with E-state index < -0.39 is 22.5 Å². The molecule has 1 heterocycles. The van der Waals surface area contributed by atoms with Gasteiger partial charge in [-0.15, -0.1) is 0 Å². The van der Waals surface area contributed by atoms with E-state index in [1.807, 2.05) is 48.7 Å². The van der Waals surface area contributed by atoms with Gasteiger partial charge in [-0.2, -0.15) is 9.41 Å². The maximum atomic E-state index is 13.5. The zero-order valence-electron chi connectivity index (χ0n) is 22.1. The molecule has 208 valence electrons. The smallest absolute Gasteiger partial charge is 0.255 e. The van der Waals surface area contributed by atoms with Crippen molar-refractivity contribution in [3.05, 3.63) is 111 Å². The number of hydrogen-bond donors (Lipinski definition) is 1. The molecule has 0 bridgehead atoms. The van der Waals surface area contributed by atoms with Crippen molar-refractivity contribution in [3.8, 4) is 11.4 Å². The van der Waals surface area contributed by atoms with Gasteiger partial charge in [0.05, 0.1) is 34.8 Å². The Balaban J connectivity index is 1.52. The highest BCUT2D eigenvalue weighted by Crippen LogP contribution is 2.27. The van der Waals surface area contributed by atoms with Gasteiger partial charge in [-0.3, -0.25) is 4.79 Å². The van der Waals surface area contributed by atoms with Gasteiger partial charge >= 0.3 is 0 Å². The second-order valence-electron chi connectivity index (χ2n) is 8.99. The molecule has 1 amide bonds. The first kappa shape index (κ1) is 29.4. The van der Waals surface area contributed by atoms with Crippen molar-refractivity contribution >= 4 is 45.3 Å². The molecule has 1 N–H and O–H groups in total.